The van der Waals surface area contributed by atoms with Gasteiger partial charge in [-0.05, 0) is 43.1 Å². The molecule has 10 heteroatoms. The Bertz CT molecular complexity index is 1270. The standard InChI is InChI=1S/C21H23N5O4S/c1-31(29,30)21-24-18(16-9-4-5-12-26(16)21)20(28)23-15-8-3-2-7-14(15)13-25-11-6-10-17(25)19(22)27/h2-5,7-9,12,17H,6,10-11,13H2,1H3,(H2,22,27)(H,23,28). The molecular formula is C21H23N5O4S. The number of hydrogen-bond donors (Lipinski definition) is 2. The zero-order chi connectivity index (χ0) is 22.2. The topological polar surface area (TPSA) is 127 Å². The van der Waals surface area contributed by atoms with Crippen molar-refractivity contribution >= 4 is 32.9 Å². The number of imidazole rings is 1. The van der Waals surface area contributed by atoms with Crippen LogP contribution in [0.3, 0.4) is 0 Å². The van der Waals surface area contributed by atoms with Crippen LogP contribution in [0, 0.1) is 0 Å². The number of pyridine rings is 1. The molecule has 1 fully saturated rings. The van der Waals surface area contributed by atoms with Crippen LogP contribution in [0.25, 0.3) is 5.52 Å². The average molecular weight is 442 g/mol. The van der Waals surface area contributed by atoms with Gasteiger partial charge < -0.3 is 11.1 Å². The van der Waals surface area contributed by atoms with E-state index >= 15 is 0 Å². The third-order valence-electron chi connectivity index (χ3n) is 5.39. The van der Waals surface area contributed by atoms with Crippen molar-refractivity contribution in [2.24, 2.45) is 5.73 Å². The molecule has 1 aromatic carbocycles. The van der Waals surface area contributed by atoms with Crippen LogP contribution in [0.2, 0.25) is 0 Å². The van der Waals surface area contributed by atoms with Gasteiger partial charge in [0.2, 0.25) is 20.9 Å². The molecule has 4 rings (SSSR count). The Morgan fingerprint density at radius 2 is 1.94 bits per heavy atom. The largest absolute Gasteiger partial charge is 0.368 e. The van der Waals surface area contributed by atoms with Crippen molar-refractivity contribution in [1.29, 1.82) is 0 Å². The first-order valence-electron chi connectivity index (χ1n) is 9.85. The molecule has 0 spiro atoms. The molecule has 1 aliphatic rings. The molecule has 1 unspecified atom stereocenters. The SMILES string of the molecule is CS(=O)(=O)c1nc(C(=O)Nc2ccccc2CN2CCCC2C(N)=O)c2ccccn12. The van der Waals surface area contributed by atoms with E-state index in [0.717, 1.165) is 31.2 Å². The third kappa shape index (κ3) is 4.17. The van der Waals surface area contributed by atoms with Gasteiger partial charge in [-0.3, -0.25) is 18.9 Å². The van der Waals surface area contributed by atoms with Gasteiger partial charge >= 0.3 is 0 Å². The molecule has 2 amide bonds. The molecule has 1 atom stereocenters. The molecule has 1 saturated heterocycles. The number of primary amides is 1. The Hall–Kier alpha value is -3.24. The van der Waals surface area contributed by atoms with Crippen molar-refractivity contribution in [3.05, 3.63) is 59.9 Å². The lowest BCUT2D eigenvalue weighted by atomic mass is 10.1. The third-order valence-corrected chi connectivity index (χ3v) is 6.35. The number of nitrogens with zero attached hydrogens (tertiary/aromatic N) is 3. The summed E-state index contributed by atoms with van der Waals surface area (Å²) in [6.07, 6.45) is 4.22. The minimum Gasteiger partial charge on any atom is -0.368 e. The number of likely N-dealkylation sites (tertiary alicyclic amines) is 1. The van der Waals surface area contributed by atoms with Crippen molar-refractivity contribution in [3.63, 3.8) is 0 Å². The van der Waals surface area contributed by atoms with Crippen LogP contribution in [-0.4, -0.2) is 53.4 Å². The van der Waals surface area contributed by atoms with Gasteiger partial charge in [0.25, 0.3) is 5.91 Å². The maximum atomic E-state index is 13.1. The summed E-state index contributed by atoms with van der Waals surface area (Å²) in [7, 11) is -3.63. The number of nitrogens with two attached hydrogens (primary N) is 1. The number of anilines is 1. The molecule has 0 radical (unpaired) electrons. The van der Waals surface area contributed by atoms with E-state index in [2.05, 4.69) is 10.3 Å². The highest BCUT2D eigenvalue weighted by molar-refractivity contribution is 7.90. The number of rotatable bonds is 6. The van der Waals surface area contributed by atoms with Gasteiger partial charge in [0.05, 0.1) is 11.6 Å². The Morgan fingerprint density at radius 1 is 1.19 bits per heavy atom. The molecule has 3 heterocycles. The maximum Gasteiger partial charge on any atom is 0.276 e. The van der Waals surface area contributed by atoms with Crippen molar-refractivity contribution in [1.82, 2.24) is 14.3 Å². The number of hydrogen-bond acceptors (Lipinski definition) is 6. The maximum absolute atomic E-state index is 13.1. The van der Waals surface area contributed by atoms with Gasteiger partial charge in [-0.25, -0.2) is 13.4 Å². The zero-order valence-corrected chi connectivity index (χ0v) is 17.8. The van der Waals surface area contributed by atoms with E-state index < -0.39 is 15.7 Å². The zero-order valence-electron chi connectivity index (χ0n) is 17.0. The van der Waals surface area contributed by atoms with Gasteiger partial charge in [0.1, 0.15) is 0 Å². The highest BCUT2D eigenvalue weighted by Crippen LogP contribution is 2.25. The van der Waals surface area contributed by atoms with Gasteiger partial charge in [-0.2, -0.15) is 0 Å². The molecule has 1 aliphatic heterocycles. The quantitative estimate of drug-likeness (QED) is 0.596. The van der Waals surface area contributed by atoms with Crippen LogP contribution in [0.4, 0.5) is 5.69 Å². The first-order chi connectivity index (χ1) is 14.8. The van der Waals surface area contributed by atoms with Crippen molar-refractivity contribution in [2.75, 3.05) is 18.1 Å². The molecule has 0 aliphatic carbocycles. The minimum atomic E-state index is -3.63. The molecule has 2 aromatic heterocycles. The Balaban J connectivity index is 1.64. The first-order valence-corrected chi connectivity index (χ1v) is 11.7. The fourth-order valence-corrected chi connectivity index (χ4v) is 4.73. The second-order valence-electron chi connectivity index (χ2n) is 7.61. The van der Waals surface area contributed by atoms with Crippen LogP contribution < -0.4 is 11.1 Å². The summed E-state index contributed by atoms with van der Waals surface area (Å²) >= 11 is 0. The van der Waals surface area contributed by atoms with E-state index in [0.29, 0.717) is 17.7 Å². The number of aromatic nitrogens is 2. The van der Waals surface area contributed by atoms with Gasteiger partial charge in [-0.15, -0.1) is 0 Å². The van der Waals surface area contributed by atoms with Crippen molar-refractivity contribution in [3.8, 4) is 0 Å². The number of para-hydroxylation sites is 1. The number of nitrogens with one attached hydrogen (secondary N) is 1. The van der Waals surface area contributed by atoms with Crippen LogP contribution in [0.1, 0.15) is 28.9 Å². The molecule has 31 heavy (non-hydrogen) atoms. The van der Waals surface area contributed by atoms with Gasteiger partial charge in [0.15, 0.2) is 5.69 Å². The lowest BCUT2D eigenvalue weighted by Gasteiger charge is -2.23. The summed E-state index contributed by atoms with van der Waals surface area (Å²) in [5.41, 5.74) is 7.33. The molecule has 9 nitrogen and oxygen atoms in total. The van der Waals surface area contributed by atoms with Gasteiger partial charge in [0, 0.05) is 24.7 Å². The fraction of sp³-hybridized carbons (Fsp3) is 0.286. The van der Waals surface area contributed by atoms with Crippen molar-refractivity contribution < 1.29 is 18.0 Å². The Morgan fingerprint density at radius 3 is 2.68 bits per heavy atom. The number of sulfone groups is 1. The average Bonchev–Trinajstić information content (AvgIpc) is 3.34. The molecule has 0 bridgehead atoms. The smallest absolute Gasteiger partial charge is 0.276 e. The van der Waals surface area contributed by atoms with E-state index in [1.807, 2.05) is 17.0 Å². The molecule has 162 valence electrons. The van der Waals surface area contributed by atoms with Crippen LogP contribution in [-0.2, 0) is 21.2 Å². The summed E-state index contributed by atoms with van der Waals surface area (Å²) in [5, 5.41) is 2.66. The Labute approximate surface area is 179 Å². The van der Waals surface area contributed by atoms with E-state index in [9.17, 15) is 18.0 Å². The number of carbonyl (C=O) groups is 2. The van der Waals surface area contributed by atoms with E-state index in [1.165, 1.54) is 4.40 Å². The summed E-state index contributed by atoms with van der Waals surface area (Å²) in [4.78, 5) is 30.9. The second-order valence-corrected chi connectivity index (χ2v) is 9.52. The fourth-order valence-electron chi connectivity index (χ4n) is 3.96. The normalized spacial score (nSPS) is 17.1. The predicted octanol–water partition coefficient (Wildman–Crippen LogP) is 1.44. The van der Waals surface area contributed by atoms with Crippen LogP contribution in [0.5, 0.6) is 0 Å². The molecule has 3 aromatic rings. The number of carbonyl (C=O) groups excluding carboxylic acids is 2. The van der Waals surface area contributed by atoms with Gasteiger partial charge in [-0.1, -0.05) is 24.3 Å². The predicted molar refractivity (Wildman–Crippen MR) is 115 cm³/mol. The number of amides is 2. The first kappa shape index (κ1) is 21.0. The van der Waals surface area contributed by atoms with Crippen molar-refractivity contribution in [2.45, 2.75) is 30.6 Å². The van der Waals surface area contributed by atoms with E-state index in [1.54, 1.807) is 36.5 Å². The molecule has 0 saturated carbocycles. The summed E-state index contributed by atoms with van der Waals surface area (Å²) in [6, 6.07) is 12.0. The lowest BCUT2D eigenvalue weighted by molar-refractivity contribution is -0.122. The van der Waals surface area contributed by atoms with E-state index in [4.69, 9.17) is 5.73 Å². The summed E-state index contributed by atoms with van der Waals surface area (Å²) in [5.74, 6) is -0.865. The molecular weight excluding hydrogens is 418 g/mol. The highest BCUT2D eigenvalue weighted by Gasteiger charge is 2.29. The highest BCUT2D eigenvalue weighted by atomic mass is 32.2. The van der Waals surface area contributed by atoms with Crippen LogP contribution in [0.15, 0.2) is 53.8 Å². The number of benzene rings is 1. The second kappa shape index (κ2) is 8.12. The lowest BCUT2D eigenvalue weighted by Crippen LogP contribution is -2.39. The summed E-state index contributed by atoms with van der Waals surface area (Å²) in [6.45, 7) is 1.21. The Kier molecular flexibility index (Phi) is 5.50. The minimum absolute atomic E-state index is 0.0204. The summed E-state index contributed by atoms with van der Waals surface area (Å²) < 4.78 is 25.6. The molecule has 3 N–H and O–H groups in total. The van der Waals surface area contributed by atoms with E-state index in [-0.39, 0.29) is 22.8 Å². The number of fused-ring (bicyclic) bond motifs is 1. The monoisotopic (exact) mass is 441 g/mol. The van der Waals surface area contributed by atoms with Crippen LogP contribution >= 0.6 is 0 Å².